The van der Waals surface area contributed by atoms with Crippen LogP contribution in [0.4, 0.5) is 5.69 Å². The Balaban J connectivity index is 1.64. The number of hydrogen-bond acceptors (Lipinski definition) is 5. The summed E-state index contributed by atoms with van der Waals surface area (Å²) in [4.78, 5) is 12.3. The van der Waals surface area contributed by atoms with Gasteiger partial charge in [0.25, 0.3) is 0 Å². The summed E-state index contributed by atoms with van der Waals surface area (Å²) < 4.78 is 2.02. The van der Waals surface area contributed by atoms with Gasteiger partial charge >= 0.3 is 0 Å². The molecule has 5 nitrogen and oxygen atoms in total. The number of Topliss-reactive ketones (excluding diaryl/α,β-unsaturated/α-hetero) is 1. The molecule has 0 amide bonds. The summed E-state index contributed by atoms with van der Waals surface area (Å²) >= 11 is 7.58. The van der Waals surface area contributed by atoms with Crippen molar-refractivity contribution in [1.29, 1.82) is 0 Å². The number of benzene rings is 2. The molecule has 0 radical (unpaired) electrons. The zero-order chi connectivity index (χ0) is 19.2. The van der Waals surface area contributed by atoms with Gasteiger partial charge in [-0.15, -0.1) is 10.2 Å². The molecular weight excluding hydrogens is 380 g/mol. The third-order valence-electron chi connectivity index (χ3n) is 4.16. The Morgan fingerprint density at radius 3 is 2.67 bits per heavy atom. The van der Waals surface area contributed by atoms with E-state index in [0.717, 1.165) is 33.8 Å². The molecule has 27 heavy (non-hydrogen) atoms. The van der Waals surface area contributed by atoms with Crippen molar-refractivity contribution in [1.82, 2.24) is 14.8 Å². The van der Waals surface area contributed by atoms with Crippen molar-refractivity contribution in [3.05, 3.63) is 70.5 Å². The van der Waals surface area contributed by atoms with Crippen molar-refractivity contribution < 1.29 is 4.79 Å². The third-order valence-corrected chi connectivity index (χ3v) is 5.53. The van der Waals surface area contributed by atoms with Gasteiger partial charge in [0.15, 0.2) is 16.8 Å². The topological polar surface area (TPSA) is 59.8 Å². The van der Waals surface area contributed by atoms with Crippen molar-refractivity contribution >= 4 is 34.8 Å². The van der Waals surface area contributed by atoms with Crippen LogP contribution in [-0.4, -0.2) is 26.3 Å². The first kappa shape index (κ1) is 19.5. The first-order chi connectivity index (χ1) is 13.1. The molecule has 0 aliphatic rings. The Kier molecular flexibility index (Phi) is 6.53. The monoisotopic (exact) mass is 400 g/mol. The third kappa shape index (κ3) is 4.90. The fraction of sp³-hybridized carbons (Fsp3) is 0.250. The van der Waals surface area contributed by atoms with Crippen molar-refractivity contribution in [2.75, 3.05) is 11.1 Å². The highest BCUT2D eigenvalue weighted by molar-refractivity contribution is 7.99. The molecule has 0 bridgehead atoms. The molecule has 140 valence electrons. The van der Waals surface area contributed by atoms with E-state index in [4.69, 9.17) is 11.6 Å². The summed E-state index contributed by atoms with van der Waals surface area (Å²) in [6.45, 7) is 5.28. The zero-order valence-corrected chi connectivity index (χ0v) is 16.8. The van der Waals surface area contributed by atoms with Gasteiger partial charge in [0.1, 0.15) is 0 Å². The van der Waals surface area contributed by atoms with Crippen LogP contribution in [0.25, 0.3) is 0 Å². The quantitative estimate of drug-likeness (QED) is 0.432. The van der Waals surface area contributed by atoms with E-state index in [9.17, 15) is 4.79 Å². The first-order valence-electron chi connectivity index (χ1n) is 8.71. The molecule has 7 heteroatoms. The normalized spacial score (nSPS) is 10.8. The van der Waals surface area contributed by atoms with E-state index in [0.29, 0.717) is 17.9 Å². The van der Waals surface area contributed by atoms with Crippen LogP contribution in [0.15, 0.2) is 53.7 Å². The average Bonchev–Trinajstić information content (AvgIpc) is 3.09. The lowest BCUT2D eigenvalue weighted by Gasteiger charge is -2.10. The fourth-order valence-electron chi connectivity index (χ4n) is 2.60. The number of hydrogen-bond donors (Lipinski definition) is 1. The summed E-state index contributed by atoms with van der Waals surface area (Å²) in [5, 5.41) is 13.3. The number of carbonyl (C=O) groups is 1. The zero-order valence-electron chi connectivity index (χ0n) is 15.3. The van der Waals surface area contributed by atoms with Crippen LogP contribution in [-0.2, 0) is 13.1 Å². The number of nitrogens with one attached hydrogen (secondary N) is 1. The number of thioether (sulfide) groups is 1. The molecule has 0 fully saturated rings. The number of ketones is 1. The molecule has 0 spiro atoms. The number of rotatable bonds is 8. The van der Waals surface area contributed by atoms with E-state index in [1.807, 2.05) is 66.9 Å². The van der Waals surface area contributed by atoms with Crippen LogP contribution in [0.5, 0.6) is 0 Å². The Labute approximate surface area is 168 Å². The van der Waals surface area contributed by atoms with Crippen LogP contribution in [0.1, 0.15) is 28.7 Å². The molecule has 1 N–H and O–H groups in total. The second-order valence-electron chi connectivity index (χ2n) is 6.04. The molecule has 1 heterocycles. The van der Waals surface area contributed by atoms with Gasteiger partial charge in [0, 0.05) is 22.8 Å². The van der Waals surface area contributed by atoms with Crippen LogP contribution in [0.3, 0.4) is 0 Å². The summed E-state index contributed by atoms with van der Waals surface area (Å²) in [5.41, 5.74) is 2.69. The number of aryl methyl sites for hydroxylation is 1. The van der Waals surface area contributed by atoms with E-state index >= 15 is 0 Å². The minimum atomic E-state index is 0.0835. The van der Waals surface area contributed by atoms with Crippen molar-refractivity contribution in [2.45, 2.75) is 32.1 Å². The highest BCUT2D eigenvalue weighted by Crippen LogP contribution is 2.22. The number of anilines is 1. The van der Waals surface area contributed by atoms with E-state index in [1.54, 1.807) is 0 Å². The summed E-state index contributed by atoms with van der Waals surface area (Å²) in [6.07, 6.45) is 0. The van der Waals surface area contributed by atoms with Crippen LogP contribution >= 0.6 is 23.4 Å². The van der Waals surface area contributed by atoms with Gasteiger partial charge in [0.05, 0.1) is 12.3 Å². The van der Waals surface area contributed by atoms with Gasteiger partial charge in [0.2, 0.25) is 0 Å². The number of nitrogens with zero attached hydrogens (tertiary/aromatic N) is 3. The summed E-state index contributed by atoms with van der Waals surface area (Å²) in [7, 11) is 0. The molecule has 3 aromatic rings. The Morgan fingerprint density at radius 2 is 1.96 bits per heavy atom. The maximum Gasteiger partial charge on any atom is 0.191 e. The largest absolute Gasteiger partial charge is 0.378 e. The second kappa shape index (κ2) is 9.06. The minimum Gasteiger partial charge on any atom is -0.378 e. The predicted octanol–water partition coefficient (Wildman–Crippen LogP) is 4.85. The SMILES string of the molecule is CCn1c(CNc2ccc(C)c(Cl)c2)nnc1SCC(=O)c1ccccc1. The van der Waals surface area contributed by atoms with Gasteiger partial charge in [-0.3, -0.25) is 4.79 Å². The Bertz CT molecular complexity index is 927. The second-order valence-corrected chi connectivity index (χ2v) is 7.39. The van der Waals surface area contributed by atoms with E-state index in [1.165, 1.54) is 11.8 Å². The molecule has 0 atom stereocenters. The standard InChI is InChI=1S/C20H21ClN4OS/c1-3-25-19(12-22-16-10-9-14(2)17(21)11-16)23-24-20(25)27-13-18(26)15-7-5-4-6-8-15/h4-11,22H,3,12-13H2,1-2H3. The predicted molar refractivity (Wildman–Crippen MR) is 111 cm³/mol. The molecule has 0 saturated heterocycles. The highest BCUT2D eigenvalue weighted by atomic mass is 35.5. The first-order valence-corrected chi connectivity index (χ1v) is 10.1. The van der Waals surface area contributed by atoms with Gasteiger partial charge in [-0.05, 0) is 31.5 Å². The lowest BCUT2D eigenvalue weighted by Crippen LogP contribution is -2.09. The number of carbonyl (C=O) groups excluding carboxylic acids is 1. The van der Waals surface area contributed by atoms with Crippen molar-refractivity contribution in [2.24, 2.45) is 0 Å². The Morgan fingerprint density at radius 1 is 1.19 bits per heavy atom. The smallest absolute Gasteiger partial charge is 0.191 e. The molecule has 0 unspecified atom stereocenters. The molecular formula is C20H21ClN4OS. The Hall–Kier alpha value is -2.31. The molecule has 1 aromatic heterocycles. The van der Waals surface area contributed by atoms with Gasteiger partial charge in [-0.1, -0.05) is 59.8 Å². The van der Waals surface area contributed by atoms with E-state index in [2.05, 4.69) is 15.5 Å². The van der Waals surface area contributed by atoms with E-state index < -0.39 is 0 Å². The minimum absolute atomic E-state index is 0.0835. The highest BCUT2D eigenvalue weighted by Gasteiger charge is 2.14. The molecule has 0 aliphatic carbocycles. The molecule has 0 aliphatic heterocycles. The van der Waals surface area contributed by atoms with Crippen molar-refractivity contribution in [3.63, 3.8) is 0 Å². The van der Waals surface area contributed by atoms with Crippen LogP contribution in [0.2, 0.25) is 5.02 Å². The maximum atomic E-state index is 12.3. The molecule has 3 rings (SSSR count). The summed E-state index contributed by atoms with van der Waals surface area (Å²) in [5.74, 6) is 1.24. The van der Waals surface area contributed by atoms with E-state index in [-0.39, 0.29) is 5.78 Å². The summed E-state index contributed by atoms with van der Waals surface area (Å²) in [6, 6.07) is 15.2. The fourth-order valence-corrected chi connectivity index (χ4v) is 3.69. The van der Waals surface area contributed by atoms with Crippen molar-refractivity contribution in [3.8, 4) is 0 Å². The molecule has 2 aromatic carbocycles. The van der Waals surface area contributed by atoms with Crippen LogP contribution < -0.4 is 5.32 Å². The average molecular weight is 401 g/mol. The van der Waals surface area contributed by atoms with Gasteiger partial charge < -0.3 is 9.88 Å². The van der Waals surface area contributed by atoms with Gasteiger partial charge in [-0.2, -0.15) is 0 Å². The number of halogens is 1. The lowest BCUT2D eigenvalue weighted by atomic mass is 10.2. The number of aromatic nitrogens is 3. The van der Waals surface area contributed by atoms with Crippen LogP contribution in [0, 0.1) is 6.92 Å². The lowest BCUT2D eigenvalue weighted by molar-refractivity contribution is 0.102. The maximum absolute atomic E-state index is 12.3. The molecule has 0 saturated carbocycles. The van der Waals surface area contributed by atoms with Gasteiger partial charge in [-0.25, -0.2) is 0 Å².